The van der Waals surface area contributed by atoms with Gasteiger partial charge < -0.3 is 24.2 Å². The number of H-pyrrole nitrogens is 1. The van der Waals surface area contributed by atoms with E-state index in [0.717, 1.165) is 6.42 Å². The van der Waals surface area contributed by atoms with E-state index in [4.69, 9.17) is 4.42 Å². The first-order chi connectivity index (χ1) is 12.6. The van der Waals surface area contributed by atoms with E-state index in [-0.39, 0.29) is 35.6 Å². The zero-order valence-electron chi connectivity index (χ0n) is 13.8. The third kappa shape index (κ3) is 2.07. The van der Waals surface area contributed by atoms with Crippen LogP contribution in [0.2, 0.25) is 0 Å². The van der Waals surface area contributed by atoms with Crippen LogP contribution in [0.5, 0.6) is 0 Å². The van der Waals surface area contributed by atoms with Gasteiger partial charge in [0.1, 0.15) is 5.69 Å². The van der Waals surface area contributed by atoms with E-state index in [1.165, 1.54) is 4.40 Å². The van der Waals surface area contributed by atoms with Crippen molar-refractivity contribution in [2.45, 2.75) is 13.0 Å². The van der Waals surface area contributed by atoms with Gasteiger partial charge in [-0.1, -0.05) is 0 Å². The Morgan fingerprint density at radius 1 is 1.42 bits per heavy atom. The Morgan fingerprint density at radius 2 is 2.31 bits per heavy atom. The van der Waals surface area contributed by atoms with Crippen molar-refractivity contribution in [3.8, 4) is 11.5 Å². The van der Waals surface area contributed by atoms with E-state index in [9.17, 15) is 15.0 Å². The molecule has 0 unspecified atom stereocenters. The molecule has 2 atom stereocenters. The minimum atomic E-state index is -0.371. The summed E-state index contributed by atoms with van der Waals surface area (Å²) in [6.07, 6.45) is 5.51. The molecule has 9 heteroatoms. The Bertz CT molecular complexity index is 1160. The third-order valence-electron chi connectivity index (χ3n) is 5.34. The lowest BCUT2D eigenvalue weighted by Gasteiger charge is -2.14. The van der Waals surface area contributed by atoms with Crippen LogP contribution in [0.25, 0.3) is 28.4 Å². The number of nitrogens with zero attached hydrogens (tertiary/aromatic N) is 4. The van der Waals surface area contributed by atoms with Crippen LogP contribution in [-0.2, 0) is 6.54 Å². The highest BCUT2D eigenvalue weighted by Gasteiger charge is 2.53. The fourth-order valence-corrected chi connectivity index (χ4v) is 3.64. The number of fused-ring (bicyclic) bond motifs is 2. The third-order valence-corrected chi connectivity index (χ3v) is 5.34. The maximum absolute atomic E-state index is 12.8. The molecule has 1 aliphatic rings. The van der Waals surface area contributed by atoms with Crippen molar-refractivity contribution >= 4 is 16.9 Å². The molecule has 1 fully saturated rings. The molecule has 3 N–H and O–H groups in total. The molecule has 1 saturated carbocycles. The van der Waals surface area contributed by atoms with Crippen LogP contribution in [0.4, 0.5) is 0 Å². The molecule has 4 heterocycles. The van der Waals surface area contributed by atoms with Gasteiger partial charge in [-0.3, -0.25) is 4.79 Å². The van der Waals surface area contributed by atoms with Gasteiger partial charge in [0.25, 0.3) is 5.56 Å². The highest BCUT2D eigenvalue weighted by Crippen LogP contribution is 2.53. The maximum Gasteiger partial charge on any atom is 0.287 e. The van der Waals surface area contributed by atoms with Gasteiger partial charge in [0, 0.05) is 24.8 Å². The molecule has 1 aliphatic carbocycles. The number of rotatable bonds is 5. The van der Waals surface area contributed by atoms with Gasteiger partial charge in [-0.2, -0.15) is 4.98 Å². The van der Waals surface area contributed by atoms with Crippen LogP contribution < -0.4 is 5.56 Å². The summed E-state index contributed by atoms with van der Waals surface area (Å²) in [5, 5.41) is 19.1. The van der Waals surface area contributed by atoms with Crippen LogP contribution in [0.3, 0.4) is 0 Å². The molecule has 0 aromatic carbocycles. The fraction of sp³-hybridized carbons (Fsp3) is 0.353. The van der Waals surface area contributed by atoms with E-state index in [1.54, 1.807) is 35.5 Å². The lowest BCUT2D eigenvalue weighted by atomic mass is 10.1. The second-order valence-electron chi connectivity index (χ2n) is 6.90. The van der Waals surface area contributed by atoms with E-state index < -0.39 is 0 Å². The Kier molecular flexibility index (Phi) is 3.12. The Balaban J connectivity index is 1.63. The summed E-state index contributed by atoms with van der Waals surface area (Å²) in [7, 11) is 0. The molecule has 0 amide bonds. The number of furan rings is 1. The van der Waals surface area contributed by atoms with E-state index in [0.29, 0.717) is 29.4 Å². The average molecular weight is 355 g/mol. The zero-order chi connectivity index (χ0) is 17.9. The molecule has 4 aromatic heterocycles. The largest absolute Gasteiger partial charge is 0.463 e. The number of hydrogen-bond donors (Lipinski definition) is 3. The molecule has 5 rings (SSSR count). The molecule has 26 heavy (non-hydrogen) atoms. The van der Waals surface area contributed by atoms with Crippen molar-refractivity contribution in [2.75, 3.05) is 13.2 Å². The minimum absolute atomic E-state index is 0.0235. The predicted molar refractivity (Wildman–Crippen MR) is 91.5 cm³/mol. The number of hydrogen-bond acceptors (Lipinski definition) is 6. The number of aromatic amines is 1. The van der Waals surface area contributed by atoms with Crippen molar-refractivity contribution in [2.24, 2.45) is 11.3 Å². The lowest BCUT2D eigenvalue weighted by Crippen LogP contribution is -2.20. The maximum atomic E-state index is 12.8. The van der Waals surface area contributed by atoms with Gasteiger partial charge in [-0.15, -0.1) is 0 Å². The number of aliphatic hydroxyl groups is 2. The van der Waals surface area contributed by atoms with Crippen molar-refractivity contribution in [1.82, 2.24) is 23.9 Å². The van der Waals surface area contributed by atoms with Crippen molar-refractivity contribution in [3.05, 3.63) is 41.3 Å². The number of nitrogens with one attached hydrogen (secondary N) is 1. The molecule has 0 saturated heterocycles. The standard InChI is InChI=1S/C17H17N5O4/c23-6-10-4-17(10,8-24)7-21-9-18-13-14(21)20-16-19-11(5-22(16)15(13)25)12-2-1-3-26-12/h1-3,5,9-10,23-24H,4,6-8H2,(H,19,20)/t10-,17-/m1/s1. The van der Waals surface area contributed by atoms with Crippen LogP contribution in [-0.4, -0.2) is 47.3 Å². The molecule has 0 radical (unpaired) electrons. The smallest absolute Gasteiger partial charge is 0.287 e. The number of aromatic nitrogens is 5. The summed E-state index contributed by atoms with van der Waals surface area (Å²) in [6, 6.07) is 3.56. The second-order valence-corrected chi connectivity index (χ2v) is 6.90. The van der Waals surface area contributed by atoms with E-state index in [2.05, 4.69) is 15.0 Å². The molecule has 9 nitrogen and oxygen atoms in total. The van der Waals surface area contributed by atoms with Gasteiger partial charge in [0.05, 0.1) is 19.2 Å². The van der Waals surface area contributed by atoms with Crippen LogP contribution in [0, 0.1) is 11.3 Å². The topological polar surface area (TPSA) is 122 Å². The summed E-state index contributed by atoms with van der Waals surface area (Å²) >= 11 is 0. The predicted octanol–water partition coefficient (Wildman–Crippen LogP) is 0.623. The molecule has 4 aromatic rings. The molecule has 0 spiro atoms. The van der Waals surface area contributed by atoms with Crippen molar-refractivity contribution in [1.29, 1.82) is 0 Å². The first-order valence-electron chi connectivity index (χ1n) is 8.37. The first kappa shape index (κ1) is 15.4. The first-order valence-corrected chi connectivity index (χ1v) is 8.37. The molecular formula is C17H17N5O4. The molecular weight excluding hydrogens is 338 g/mol. The number of aliphatic hydroxyl groups excluding tert-OH is 2. The van der Waals surface area contributed by atoms with E-state index >= 15 is 0 Å². The zero-order valence-corrected chi connectivity index (χ0v) is 13.8. The Labute approximate surface area is 146 Å². The number of imidazole rings is 2. The lowest BCUT2D eigenvalue weighted by molar-refractivity contribution is 0.159. The summed E-state index contributed by atoms with van der Waals surface area (Å²) < 4.78 is 8.54. The normalized spacial score (nSPS) is 22.5. The highest BCUT2D eigenvalue weighted by molar-refractivity contribution is 5.72. The average Bonchev–Trinajstić information content (AvgIpc) is 3.09. The van der Waals surface area contributed by atoms with Crippen LogP contribution in [0.15, 0.2) is 40.1 Å². The summed E-state index contributed by atoms with van der Waals surface area (Å²) in [5.74, 6) is 1.06. The van der Waals surface area contributed by atoms with Crippen molar-refractivity contribution in [3.63, 3.8) is 0 Å². The van der Waals surface area contributed by atoms with E-state index in [1.807, 2.05) is 0 Å². The minimum Gasteiger partial charge on any atom is -0.463 e. The molecule has 0 bridgehead atoms. The summed E-state index contributed by atoms with van der Waals surface area (Å²) in [5.41, 5.74) is 0.726. The Hall–Kier alpha value is -2.91. The highest BCUT2D eigenvalue weighted by atomic mass is 16.3. The molecule has 134 valence electrons. The van der Waals surface area contributed by atoms with Gasteiger partial charge in [0.2, 0.25) is 5.78 Å². The van der Waals surface area contributed by atoms with Gasteiger partial charge >= 0.3 is 0 Å². The van der Waals surface area contributed by atoms with Crippen molar-refractivity contribution < 1.29 is 14.6 Å². The SMILES string of the molecule is O=c1c2ncn(C[C@@]3(CO)C[C@@H]3CO)c2nc2[nH]c(-c3ccco3)cn12. The van der Waals surface area contributed by atoms with Gasteiger partial charge in [-0.05, 0) is 24.5 Å². The second kappa shape index (κ2) is 5.29. The monoisotopic (exact) mass is 355 g/mol. The van der Waals surface area contributed by atoms with Crippen LogP contribution in [0.1, 0.15) is 6.42 Å². The summed E-state index contributed by atoms with van der Waals surface area (Å²) in [4.78, 5) is 24.6. The fourth-order valence-electron chi connectivity index (χ4n) is 3.64. The summed E-state index contributed by atoms with van der Waals surface area (Å²) in [6.45, 7) is 0.473. The van der Waals surface area contributed by atoms with Crippen LogP contribution >= 0.6 is 0 Å². The van der Waals surface area contributed by atoms with Gasteiger partial charge in [-0.25, -0.2) is 9.38 Å². The quantitative estimate of drug-likeness (QED) is 0.483. The van der Waals surface area contributed by atoms with Gasteiger partial charge in [0.15, 0.2) is 16.9 Å². The Morgan fingerprint density at radius 3 is 3.00 bits per heavy atom. The molecule has 0 aliphatic heterocycles.